The molecule has 0 saturated heterocycles. The summed E-state index contributed by atoms with van der Waals surface area (Å²) in [5.74, 6) is 1.34. The number of rotatable bonds is 11. The van der Waals surface area contributed by atoms with Crippen molar-refractivity contribution in [3.8, 4) is 0 Å². The van der Waals surface area contributed by atoms with Gasteiger partial charge in [0.25, 0.3) is 5.91 Å². The number of carbonyl (C=O) groups excluding carboxylic acids is 1. The minimum Gasteiger partial charge on any atom is -0.357 e. The molecule has 1 heterocycles. The van der Waals surface area contributed by atoms with Gasteiger partial charge in [-0.3, -0.25) is 14.8 Å². The van der Waals surface area contributed by atoms with Crippen molar-refractivity contribution in [3.63, 3.8) is 0 Å². The Kier molecular flexibility index (Phi) is 11.1. The number of guanidine groups is 1. The van der Waals surface area contributed by atoms with E-state index >= 15 is 0 Å². The molecule has 1 atom stereocenters. The lowest BCUT2D eigenvalue weighted by molar-refractivity contribution is 0.0954. The van der Waals surface area contributed by atoms with E-state index in [4.69, 9.17) is 0 Å². The van der Waals surface area contributed by atoms with Crippen LogP contribution in [-0.2, 0) is 0 Å². The highest BCUT2D eigenvalue weighted by molar-refractivity contribution is 5.93. The van der Waals surface area contributed by atoms with Gasteiger partial charge in [0.2, 0.25) is 0 Å². The Hall–Kier alpha value is -2.11. The largest absolute Gasteiger partial charge is 0.357 e. The molecule has 0 spiro atoms. The molecule has 6 nitrogen and oxygen atoms in total. The fourth-order valence-corrected chi connectivity index (χ4v) is 2.44. The number of aromatic nitrogens is 1. The molecule has 1 rings (SSSR count). The van der Waals surface area contributed by atoms with Crippen molar-refractivity contribution in [2.45, 2.75) is 46.5 Å². The summed E-state index contributed by atoms with van der Waals surface area (Å²) >= 11 is 0. The molecule has 1 aromatic heterocycles. The van der Waals surface area contributed by atoms with E-state index in [2.05, 4.69) is 46.7 Å². The maximum atomic E-state index is 11.9. The molecule has 1 unspecified atom stereocenters. The standard InChI is InChI=1S/C19H33N5O/c1-4-7-9-16(5-2)14-24-19(21-6-3)23-13-12-22-18(25)17-10-8-11-20-15-17/h8,10-11,15-16H,4-7,9,12-14H2,1-3H3,(H,22,25)(H2,21,23,24). The third-order valence-corrected chi connectivity index (χ3v) is 4.02. The Bertz CT molecular complexity index is 504. The van der Waals surface area contributed by atoms with E-state index in [1.807, 2.05) is 0 Å². The molecule has 0 bridgehead atoms. The normalized spacial score (nSPS) is 12.5. The summed E-state index contributed by atoms with van der Waals surface area (Å²) in [4.78, 5) is 20.6. The summed E-state index contributed by atoms with van der Waals surface area (Å²) < 4.78 is 0. The van der Waals surface area contributed by atoms with Crippen LogP contribution in [0, 0.1) is 5.92 Å². The van der Waals surface area contributed by atoms with Crippen LogP contribution in [0.5, 0.6) is 0 Å². The zero-order valence-electron chi connectivity index (χ0n) is 15.8. The first-order valence-electron chi connectivity index (χ1n) is 9.41. The number of carbonyl (C=O) groups is 1. The van der Waals surface area contributed by atoms with Crippen LogP contribution in [-0.4, -0.2) is 43.0 Å². The van der Waals surface area contributed by atoms with E-state index in [0.717, 1.165) is 25.5 Å². The van der Waals surface area contributed by atoms with E-state index < -0.39 is 0 Å². The van der Waals surface area contributed by atoms with Gasteiger partial charge in [-0.1, -0.05) is 33.1 Å². The van der Waals surface area contributed by atoms with Crippen molar-refractivity contribution in [1.29, 1.82) is 0 Å². The van der Waals surface area contributed by atoms with Crippen molar-refractivity contribution in [2.24, 2.45) is 10.9 Å². The van der Waals surface area contributed by atoms with Crippen molar-refractivity contribution in [3.05, 3.63) is 30.1 Å². The van der Waals surface area contributed by atoms with Crippen LogP contribution in [0.25, 0.3) is 0 Å². The second-order valence-corrected chi connectivity index (χ2v) is 6.06. The average Bonchev–Trinajstić information content (AvgIpc) is 2.65. The lowest BCUT2D eigenvalue weighted by Gasteiger charge is -2.15. The summed E-state index contributed by atoms with van der Waals surface area (Å²) in [7, 11) is 0. The predicted molar refractivity (Wildman–Crippen MR) is 104 cm³/mol. The molecule has 0 aliphatic carbocycles. The zero-order valence-corrected chi connectivity index (χ0v) is 15.8. The topological polar surface area (TPSA) is 78.4 Å². The maximum Gasteiger partial charge on any atom is 0.252 e. The van der Waals surface area contributed by atoms with E-state index in [1.54, 1.807) is 24.5 Å². The van der Waals surface area contributed by atoms with Crippen LogP contribution in [0.3, 0.4) is 0 Å². The quantitative estimate of drug-likeness (QED) is 0.327. The minimum atomic E-state index is -0.109. The van der Waals surface area contributed by atoms with Gasteiger partial charge in [-0.2, -0.15) is 0 Å². The van der Waals surface area contributed by atoms with Gasteiger partial charge in [-0.15, -0.1) is 0 Å². The first-order valence-corrected chi connectivity index (χ1v) is 9.41. The van der Waals surface area contributed by atoms with Crippen molar-refractivity contribution in [2.75, 3.05) is 26.2 Å². The molecular formula is C19H33N5O. The number of amides is 1. The van der Waals surface area contributed by atoms with Crippen molar-refractivity contribution >= 4 is 11.9 Å². The SMILES string of the molecule is CCCCC(CC)CN=C(NCC)NCCNC(=O)c1cccnc1. The third kappa shape index (κ3) is 9.08. The Labute approximate surface area is 151 Å². The monoisotopic (exact) mass is 347 g/mol. The van der Waals surface area contributed by atoms with Gasteiger partial charge in [0.15, 0.2) is 5.96 Å². The van der Waals surface area contributed by atoms with E-state index in [9.17, 15) is 4.79 Å². The average molecular weight is 348 g/mol. The van der Waals surface area contributed by atoms with Crippen LogP contribution >= 0.6 is 0 Å². The predicted octanol–water partition coefficient (Wildman–Crippen LogP) is 2.58. The summed E-state index contributed by atoms with van der Waals surface area (Å²) in [6.07, 6.45) is 8.10. The molecule has 1 aromatic rings. The molecule has 140 valence electrons. The molecule has 0 aromatic carbocycles. The second kappa shape index (κ2) is 13.2. The first kappa shape index (κ1) is 20.9. The number of aliphatic imine (C=N–C) groups is 1. The summed E-state index contributed by atoms with van der Waals surface area (Å²) in [6, 6.07) is 3.51. The summed E-state index contributed by atoms with van der Waals surface area (Å²) in [6.45, 7) is 9.32. The highest BCUT2D eigenvalue weighted by Gasteiger charge is 2.07. The number of hydrogen-bond donors (Lipinski definition) is 3. The molecule has 1 amide bonds. The zero-order chi connectivity index (χ0) is 18.3. The Morgan fingerprint density at radius 2 is 2.00 bits per heavy atom. The molecule has 0 fully saturated rings. The fraction of sp³-hybridized carbons (Fsp3) is 0.632. The van der Waals surface area contributed by atoms with Crippen molar-refractivity contribution < 1.29 is 4.79 Å². The molecule has 0 aliphatic heterocycles. The fourth-order valence-electron chi connectivity index (χ4n) is 2.44. The molecule has 25 heavy (non-hydrogen) atoms. The lowest BCUT2D eigenvalue weighted by atomic mass is 10.00. The van der Waals surface area contributed by atoms with Crippen LogP contribution < -0.4 is 16.0 Å². The second-order valence-electron chi connectivity index (χ2n) is 6.06. The van der Waals surface area contributed by atoms with Gasteiger partial charge in [-0.25, -0.2) is 0 Å². The molecular weight excluding hydrogens is 314 g/mol. The molecule has 6 heteroatoms. The molecule has 0 aliphatic rings. The van der Waals surface area contributed by atoms with E-state index in [1.165, 1.54) is 19.3 Å². The van der Waals surface area contributed by atoms with E-state index in [-0.39, 0.29) is 5.91 Å². The highest BCUT2D eigenvalue weighted by atomic mass is 16.1. The van der Waals surface area contributed by atoms with Crippen LogP contribution in [0.2, 0.25) is 0 Å². The highest BCUT2D eigenvalue weighted by Crippen LogP contribution is 2.12. The lowest BCUT2D eigenvalue weighted by Crippen LogP contribution is -2.41. The smallest absolute Gasteiger partial charge is 0.252 e. The van der Waals surface area contributed by atoms with Gasteiger partial charge >= 0.3 is 0 Å². The number of hydrogen-bond acceptors (Lipinski definition) is 3. The summed E-state index contributed by atoms with van der Waals surface area (Å²) in [5, 5.41) is 9.40. The molecule has 3 N–H and O–H groups in total. The van der Waals surface area contributed by atoms with Gasteiger partial charge < -0.3 is 16.0 Å². The first-order chi connectivity index (χ1) is 12.2. The van der Waals surface area contributed by atoms with Gasteiger partial charge in [0.1, 0.15) is 0 Å². The van der Waals surface area contributed by atoms with Gasteiger partial charge in [0, 0.05) is 38.6 Å². The van der Waals surface area contributed by atoms with Crippen LogP contribution in [0.1, 0.15) is 56.8 Å². The number of pyridine rings is 1. The number of nitrogens with zero attached hydrogens (tertiary/aromatic N) is 2. The number of unbranched alkanes of at least 4 members (excludes halogenated alkanes) is 1. The van der Waals surface area contributed by atoms with Gasteiger partial charge in [-0.05, 0) is 31.4 Å². The minimum absolute atomic E-state index is 0.109. The Morgan fingerprint density at radius 1 is 1.20 bits per heavy atom. The number of nitrogens with one attached hydrogen (secondary N) is 3. The van der Waals surface area contributed by atoms with Crippen LogP contribution in [0.15, 0.2) is 29.5 Å². The van der Waals surface area contributed by atoms with Crippen LogP contribution in [0.4, 0.5) is 0 Å². The molecule has 0 saturated carbocycles. The Morgan fingerprint density at radius 3 is 2.64 bits per heavy atom. The Balaban J connectivity index is 2.36. The molecule has 0 radical (unpaired) electrons. The summed E-state index contributed by atoms with van der Waals surface area (Å²) in [5.41, 5.74) is 0.574. The van der Waals surface area contributed by atoms with E-state index in [0.29, 0.717) is 24.6 Å². The maximum absolute atomic E-state index is 11.9. The van der Waals surface area contributed by atoms with Crippen molar-refractivity contribution in [1.82, 2.24) is 20.9 Å². The van der Waals surface area contributed by atoms with Gasteiger partial charge in [0.05, 0.1) is 5.56 Å². The third-order valence-electron chi connectivity index (χ3n) is 4.02.